The van der Waals surface area contributed by atoms with Gasteiger partial charge in [0.1, 0.15) is 0 Å². The maximum absolute atomic E-state index is 10.9. The first-order chi connectivity index (χ1) is 5.57. The van der Waals surface area contributed by atoms with E-state index in [4.69, 9.17) is 10.8 Å². The number of aliphatic hydroxyl groups excluding tert-OH is 1. The third kappa shape index (κ3) is 1.35. The Hall–Kier alpha value is -0.870. The number of amides is 1. The molecule has 12 heavy (non-hydrogen) atoms. The molecular weight excluding hydrogens is 174 g/mol. The average molecular weight is 185 g/mol. The first-order valence-electron chi connectivity index (χ1n) is 3.57. The smallest absolute Gasteiger partial charge is 0.250 e. The van der Waals surface area contributed by atoms with Gasteiger partial charge in [0.15, 0.2) is 0 Å². The molecule has 66 valence electrons. The van der Waals surface area contributed by atoms with Gasteiger partial charge in [-0.05, 0) is 13.8 Å². The van der Waals surface area contributed by atoms with Crippen molar-refractivity contribution in [3.05, 3.63) is 20.9 Å². The monoisotopic (exact) mass is 185 g/mol. The molecule has 0 fully saturated rings. The average Bonchev–Trinajstić information content (AvgIpc) is 2.24. The summed E-state index contributed by atoms with van der Waals surface area (Å²) in [6.07, 6.45) is 0. The van der Waals surface area contributed by atoms with Gasteiger partial charge >= 0.3 is 0 Å². The highest BCUT2D eigenvalue weighted by Gasteiger charge is 2.15. The molecule has 1 rings (SSSR count). The minimum absolute atomic E-state index is 0.117. The van der Waals surface area contributed by atoms with Crippen molar-refractivity contribution >= 4 is 17.2 Å². The van der Waals surface area contributed by atoms with E-state index in [1.807, 2.05) is 13.8 Å². The Labute approximate surface area is 74.8 Å². The number of rotatable bonds is 2. The molecule has 0 aliphatic heterocycles. The van der Waals surface area contributed by atoms with Crippen molar-refractivity contribution in [3.8, 4) is 0 Å². The van der Waals surface area contributed by atoms with Gasteiger partial charge in [0.25, 0.3) is 0 Å². The van der Waals surface area contributed by atoms with Gasteiger partial charge in [-0.2, -0.15) is 0 Å². The van der Waals surface area contributed by atoms with E-state index in [0.29, 0.717) is 11.1 Å². The van der Waals surface area contributed by atoms with Gasteiger partial charge in [0, 0.05) is 15.3 Å². The maximum atomic E-state index is 10.9. The van der Waals surface area contributed by atoms with Crippen LogP contribution >= 0.6 is 11.3 Å². The number of carbonyl (C=O) groups is 1. The number of hydrogen-bond donors (Lipinski definition) is 2. The summed E-state index contributed by atoms with van der Waals surface area (Å²) in [5.74, 6) is -0.457. The number of hydrogen-bond acceptors (Lipinski definition) is 3. The minimum Gasteiger partial charge on any atom is -0.392 e. The molecule has 0 saturated carbocycles. The molecule has 0 bridgehead atoms. The Morgan fingerprint density at radius 3 is 2.42 bits per heavy atom. The second kappa shape index (κ2) is 3.25. The normalized spacial score (nSPS) is 10.2. The Morgan fingerprint density at radius 1 is 1.50 bits per heavy atom. The van der Waals surface area contributed by atoms with Crippen molar-refractivity contribution in [2.75, 3.05) is 0 Å². The predicted octanol–water partition coefficient (Wildman–Crippen LogP) is 0.956. The highest BCUT2D eigenvalue weighted by atomic mass is 32.1. The number of aryl methyl sites for hydroxylation is 2. The minimum atomic E-state index is -0.457. The highest BCUT2D eigenvalue weighted by molar-refractivity contribution is 7.12. The summed E-state index contributed by atoms with van der Waals surface area (Å²) in [7, 11) is 0. The molecule has 1 amide bonds. The lowest BCUT2D eigenvalue weighted by Crippen LogP contribution is -2.13. The standard InChI is InChI=1S/C8H11NO2S/c1-4-6(3-10)7(8(9)11)5(2)12-4/h10H,3H2,1-2H3,(H2,9,11). The molecule has 0 atom stereocenters. The number of primary amides is 1. The highest BCUT2D eigenvalue weighted by Crippen LogP contribution is 2.26. The first kappa shape index (κ1) is 9.22. The largest absolute Gasteiger partial charge is 0.392 e. The van der Waals surface area contributed by atoms with Crippen LogP contribution in [0.4, 0.5) is 0 Å². The number of aliphatic hydroxyl groups is 1. The van der Waals surface area contributed by atoms with Crippen LogP contribution in [-0.4, -0.2) is 11.0 Å². The van der Waals surface area contributed by atoms with E-state index in [0.717, 1.165) is 9.75 Å². The van der Waals surface area contributed by atoms with Crippen molar-refractivity contribution < 1.29 is 9.90 Å². The Morgan fingerprint density at radius 2 is 2.08 bits per heavy atom. The fourth-order valence-electron chi connectivity index (χ4n) is 1.24. The van der Waals surface area contributed by atoms with E-state index in [-0.39, 0.29) is 6.61 Å². The van der Waals surface area contributed by atoms with E-state index in [1.54, 1.807) is 0 Å². The SMILES string of the molecule is Cc1sc(C)c(C(N)=O)c1CO. The van der Waals surface area contributed by atoms with Crippen LogP contribution in [0.1, 0.15) is 25.7 Å². The van der Waals surface area contributed by atoms with E-state index in [9.17, 15) is 4.79 Å². The quantitative estimate of drug-likeness (QED) is 0.720. The predicted molar refractivity (Wildman–Crippen MR) is 48.2 cm³/mol. The number of thiophene rings is 1. The lowest BCUT2D eigenvalue weighted by Gasteiger charge is -1.97. The number of carbonyl (C=O) groups excluding carboxylic acids is 1. The van der Waals surface area contributed by atoms with E-state index >= 15 is 0 Å². The maximum Gasteiger partial charge on any atom is 0.250 e. The second-order valence-corrected chi connectivity index (χ2v) is 4.02. The first-order valence-corrected chi connectivity index (χ1v) is 4.39. The second-order valence-electron chi connectivity index (χ2n) is 2.59. The third-order valence-electron chi connectivity index (χ3n) is 1.79. The van der Waals surface area contributed by atoms with Crippen LogP contribution < -0.4 is 5.73 Å². The Balaban J connectivity index is 3.32. The summed E-state index contributed by atoms with van der Waals surface area (Å²) in [5.41, 5.74) is 6.32. The van der Waals surface area contributed by atoms with Crippen LogP contribution in [0.3, 0.4) is 0 Å². The summed E-state index contributed by atoms with van der Waals surface area (Å²) in [4.78, 5) is 12.8. The van der Waals surface area contributed by atoms with Gasteiger partial charge in [-0.1, -0.05) is 0 Å². The molecule has 0 aromatic carbocycles. The molecule has 1 aromatic heterocycles. The van der Waals surface area contributed by atoms with Gasteiger partial charge in [-0.25, -0.2) is 0 Å². The van der Waals surface area contributed by atoms with Crippen LogP contribution in [0.5, 0.6) is 0 Å². The van der Waals surface area contributed by atoms with Gasteiger partial charge in [-0.3, -0.25) is 4.79 Å². The summed E-state index contributed by atoms with van der Waals surface area (Å²) in [6, 6.07) is 0. The van der Waals surface area contributed by atoms with Crippen molar-refractivity contribution in [2.24, 2.45) is 5.73 Å². The topological polar surface area (TPSA) is 63.3 Å². The molecular formula is C8H11NO2S. The van der Waals surface area contributed by atoms with Crippen LogP contribution in [-0.2, 0) is 6.61 Å². The Kier molecular flexibility index (Phi) is 2.49. The zero-order valence-electron chi connectivity index (χ0n) is 7.05. The zero-order valence-corrected chi connectivity index (χ0v) is 7.86. The summed E-state index contributed by atoms with van der Waals surface area (Å²) in [5, 5.41) is 8.96. The fourth-order valence-corrected chi connectivity index (χ4v) is 2.32. The van der Waals surface area contributed by atoms with Crippen LogP contribution in [0.2, 0.25) is 0 Å². The third-order valence-corrected chi connectivity index (χ3v) is 2.85. The molecule has 0 spiro atoms. The van der Waals surface area contributed by atoms with Crippen LogP contribution in [0, 0.1) is 13.8 Å². The molecule has 0 aliphatic rings. The lowest BCUT2D eigenvalue weighted by atomic mass is 10.1. The molecule has 0 radical (unpaired) electrons. The van der Waals surface area contributed by atoms with Crippen LogP contribution in [0.15, 0.2) is 0 Å². The summed E-state index contributed by atoms with van der Waals surface area (Å²) < 4.78 is 0. The van der Waals surface area contributed by atoms with E-state index in [1.165, 1.54) is 11.3 Å². The molecule has 1 heterocycles. The van der Waals surface area contributed by atoms with Gasteiger partial charge in [0.2, 0.25) is 5.91 Å². The summed E-state index contributed by atoms with van der Waals surface area (Å²) >= 11 is 1.49. The lowest BCUT2D eigenvalue weighted by molar-refractivity contribution is 0.0997. The molecule has 3 N–H and O–H groups in total. The van der Waals surface area contributed by atoms with Crippen molar-refractivity contribution in [1.82, 2.24) is 0 Å². The molecule has 4 heteroatoms. The van der Waals surface area contributed by atoms with Gasteiger partial charge in [0.05, 0.1) is 12.2 Å². The van der Waals surface area contributed by atoms with Gasteiger partial charge < -0.3 is 10.8 Å². The zero-order chi connectivity index (χ0) is 9.30. The van der Waals surface area contributed by atoms with Crippen molar-refractivity contribution in [1.29, 1.82) is 0 Å². The molecule has 3 nitrogen and oxygen atoms in total. The number of nitrogens with two attached hydrogens (primary N) is 1. The van der Waals surface area contributed by atoms with Gasteiger partial charge in [-0.15, -0.1) is 11.3 Å². The van der Waals surface area contributed by atoms with E-state index in [2.05, 4.69) is 0 Å². The fraction of sp³-hybridized carbons (Fsp3) is 0.375. The molecule has 0 saturated heterocycles. The molecule has 0 unspecified atom stereocenters. The van der Waals surface area contributed by atoms with Crippen molar-refractivity contribution in [2.45, 2.75) is 20.5 Å². The summed E-state index contributed by atoms with van der Waals surface area (Å²) in [6.45, 7) is 3.58. The van der Waals surface area contributed by atoms with E-state index < -0.39 is 5.91 Å². The Bertz CT molecular complexity index is 317. The molecule has 1 aromatic rings. The molecule has 0 aliphatic carbocycles. The van der Waals surface area contributed by atoms with Crippen molar-refractivity contribution in [3.63, 3.8) is 0 Å². The van der Waals surface area contributed by atoms with Crippen LogP contribution in [0.25, 0.3) is 0 Å².